The molecule has 32 heavy (non-hydrogen) atoms. The van der Waals surface area contributed by atoms with Gasteiger partial charge in [0, 0.05) is 18.5 Å². The highest BCUT2D eigenvalue weighted by molar-refractivity contribution is 6.05. The minimum absolute atomic E-state index is 0.292. The second-order valence-electron chi connectivity index (χ2n) is 8.28. The summed E-state index contributed by atoms with van der Waals surface area (Å²) < 4.78 is 43.8. The molecule has 0 spiro atoms. The van der Waals surface area contributed by atoms with Crippen molar-refractivity contribution in [2.75, 3.05) is 24.6 Å². The van der Waals surface area contributed by atoms with E-state index in [1.807, 2.05) is 37.8 Å². The number of rotatable bonds is 6. The van der Waals surface area contributed by atoms with E-state index in [0.29, 0.717) is 34.4 Å². The van der Waals surface area contributed by atoms with Crippen molar-refractivity contribution in [3.8, 4) is 0 Å². The van der Waals surface area contributed by atoms with Crippen LogP contribution in [-0.4, -0.2) is 41.7 Å². The molecular weight excluding hydrogens is 420 g/mol. The Balaban J connectivity index is 0.000000360. The number of furan rings is 1. The highest BCUT2D eigenvalue weighted by atomic mass is 19.3. The molecule has 0 amide bonds. The summed E-state index contributed by atoms with van der Waals surface area (Å²) in [5, 5.41) is 0.682. The number of benzene rings is 1. The van der Waals surface area contributed by atoms with E-state index in [-0.39, 0.29) is 12.2 Å². The van der Waals surface area contributed by atoms with E-state index >= 15 is 0 Å². The SMILES string of the molecule is C=CCOC(F)(F)c1nc(N2CCCC2)c2oc3ccccc3c2n1.CC(C)(C)OC=O. The van der Waals surface area contributed by atoms with E-state index < -0.39 is 11.9 Å². The lowest BCUT2D eigenvalue weighted by Crippen LogP contribution is -2.25. The molecule has 3 heterocycles. The largest absolute Gasteiger partial charge is 0.462 e. The zero-order chi connectivity index (χ0) is 23.4. The number of carbonyl (C=O) groups excluding carboxylic acids is 1. The van der Waals surface area contributed by atoms with E-state index in [2.05, 4.69) is 26.0 Å². The van der Waals surface area contributed by atoms with Gasteiger partial charge in [-0.3, -0.25) is 4.79 Å². The summed E-state index contributed by atoms with van der Waals surface area (Å²) in [5.74, 6) is -0.258. The Hall–Kier alpha value is -3.07. The fraction of sp³-hybridized carbons (Fsp3) is 0.435. The average molecular weight is 447 g/mol. The van der Waals surface area contributed by atoms with Crippen LogP contribution in [0, 0.1) is 0 Å². The van der Waals surface area contributed by atoms with E-state index in [9.17, 15) is 13.6 Å². The summed E-state index contributed by atoms with van der Waals surface area (Å²) in [6.07, 6.45) is -0.356. The molecule has 0 radical (unpaired) electrons. The normalized spacial score (nSPS) is 14.3. The second kappa shape index (κ2) is 9.60. The van der Waals surface area contributed by atoms with Crippen LogP contribution in [0.1, 0.15) is 39.4 Å². The predicted octanol–water partition coefficient (Wildman–Crippen LogP) is 5.19. The number of carbonyl (C=O) groups is 1. The first-order valence-electron chi connectivity index (χ1n) is 10.3. The van der Waals surface area contributed by atoms with Gasteiger partial charge in [-0.15, -0.1) is 6.58 Å². The first-order chi connectivity index (χ1) is 15.2. The van der Waals surface area contributed by atoms with Crippen molar-refractivity contribution >= 4 is 34.4 Å². The molecule has 172 valence electrons. The third-order valence-electron chi connectivity index (χ3n) is 4.65. The molecule has 0 N–H and O–H groups in total. The van der Waals surface area contributed by atoms with Crippen molar-refractivity contribution in [1.82, 2.24) is 9.97 Å². The third kappa shape index (κ3) is 5.40. The molecule has 0 aliphatic carbocycles. The molecule has 4 rings (SSSR count). The van der Waals surface area contributed by atoms with Crippen molar-refractivity contribution in [3.63, 3.8) is 0 Å². The number of fused-ring (bicyclic) bond motifs is 3. The maximum atomic E-state index is 14.4. The molecule has 1 fully saturated rings. The molecule has 1 aliphatic rings. The monoisotopic (exact) mass is 447 g/mol. The van der Waals surface area contributed by atoms with Crippen LogP contribution in [0.2, 0.25) is 0 Å². The Bertz CT molecular complexity index is 1090. The van der Waals surface area contributed by atoms with E-state index in [0.717, 1.165) is 25.9 Å². The fourth-order valence-electron chi connectivity index (χ4n) is 3.22. The Morgan fingerprint density at radius 3 is 2.47 bits per heavy atom. The van der Waals surface area contributed by atoms with Gasteiger partial charge in [-0.05, 0) is 45.7 Å². The van der Waals surface area contributed by atoms with Crippen molar-refractivity contribution in [2.24, 2.45) is 0 Å². The molecule has 3 aromatic rings. The highest BCUT2D eigenvalue weighted by Gasteiger charge is 2.38. The summed E-state index contributed by atoms with van der Waals surface area (Å²) in [7, 11) is 0. The maximum Gasteiger partial charge on any atom is 0.418 e. The Morgan fingerprint density at radius 2 is 1.88 bits per heavy atom. The van der Waals surface area contributed by atoms with Gasteiger partial charge in [0.25, 0.3) is 6.47 Å². The van der Waals surface area contributed by atoms with Crippen LogP contribution in [0.3, 0.4) is 0 Å². The lowest BCUT2D eigenvalue weighted by atomic mass is 10.2. The predicted molar refractivity (Wildman–Crippen MR) is 118 cm³/mol. The number of alkyl halides is 2. The van der Waals surface area contributed by atoms with Gasteiger partial charge in [0.05, 0.1) is 6.61 Å². The summed E-state index contributed by atoms with van der Waals surface area (Å²) in [4.78, 5) is 19.7. The number of hydrogen-bond acceptors (Lipinski definition) is 7. The minimum Gasteiger partial charge on any atom is -0.462 e. The lowest BCUT2D eigenvalue weighted by Gasteiger charge is -2.19. The van der Waals surface area contributed by atoms with Crippen molar-refractivity contribution in [1.29, 1.82) is 0 Å². The van der Waals surface area contributed by atoms with Crippen LogP contribution < -0.4 is 4.90 Å². The van der Waals surface area contributed by atoms with Crippen LogP contribution >= 0.6 is 0 Å². The number of para-hydroxylation sites is 1. The number of hydrogen-bond donors (Lipinski definition) is 0. The molecule has 0 unspecified atom stereocenters. The van der Waals surface area contributed by atoms with Crippen molar-refractivity contribution in [3.05, 3.63) is 42.7 Å². The standard InChI is InChI=1S/C18H17F2N3O2.C5H10O2/c1-2-11-24-18(19,20)17-21-14-12-7-3-4-8-13(12)25-15(14)16(22-17)23-9-5-6-10-23;1-5(2,3)7-4-6/h2-4,7-8H,1,5-6,9-11H2;4H,1-3H3. The maximum absolute atomic E-state index is 14.4. The molecule has 0 atom stereocenters. The van der Waals surface area contributed by atoms with Gasteiger partial charge < -0.3 is 18.8 Å². The zero-order valence-corrected chi connectivity index (χ0v) is 18.4. The Kier molecular flexibility index (Phi) is 7.08. The molecule has 0 saturated carbocycles. The number of anilines is 1. The third-order valence-corrected chi connectivity index (χ3v) is 4.65. The molecule has 0 bridgehead atoms. The minimum atomic E-state index is -3.60. The van der Waals surface area contributed by atoms with E-state index in [1.54, 1.807) is 12.1 Å². The number of nitrogens with zero attached hydrogens (tertiary/aromatic N) is 3. The van der Waals surface area contributed by atoms with Crippen LogP contribution in [0.25, 0.3) is 22.1 Å². The van der Waals surface area contributed by atoms with Gasteiger partial charge in [0.15, 0.2) is 11.4 Å². The lowest BCUT2D eigenvalue weighted by molar-refractivity contribution is -0.247. The van der Waals surface area contributed by atoms with Crippen LogP contribution in [0.4, 0.5) is 14.6 Å². The summed E-state index contributed by atoms with van der Waals surface area (Å²) >= 11 is 0. The smallest absolute Gasteiger partial charge is 0.418 e. The first-order valence-corrected chi connectivity index (χ1v) is 10.3. The topological polar surface area (TPSA) is 77.7 Å². The second-order valence-corrected chi connectivity index (χ2v) is 8.28. The summed E-state index contributed by atoms with van der Waals surface area (Å²) in [5.41, 5.74) is 1.09. The van der Waals surface area contributed by atoms with Crippen LogP contribution in [0.15, 0.2) is 41.3 Å². The van der Waals surface area contributed by atoms with Crippen molar-refractivity contribution in [2.45, 2.75) is 45.3 Å². The fourth-order valence-corrected chi connectivity index (χ4v) is 3.22. The number of aromatic nitrogens is 2. The molecule has 9 heteroatoms. The van der Waals surface area contributed by atoms with E-state index in [1.165, 1.54) is 6.08 Å². The van der Waals surface area contributed by atoms with Gasteiger partial charge in [-0.1, -0.05) is 18.2 Å². The zero-order valence-electron chi connectivity index (χ0n) is 18.4. The average Bonchev–Trinajstić information content (AvgIpc) is 3.39. The van der Waals surface area contributed by atoms with Gasteiger partial charge in [0.1, 0.15) is 16.7 Å². The van der Waals surface area contributed by atoms with Crippen molar-refractivity contribution < 1.29 is 27.5 Å². The van der Waals surface area contributed by atoms with Gasteiger partial charge >= 0.3 is 6.11 Å². The van der Waals surface area contributed by atoms with Gasteiger partial charge in [0.2, 0.25) is 5.82 Å². The summed E-state index contributed by atoms with van der Waals surface area (Å²) in [6, 6.07) is 7.24. The quantitative estimate of drug-likeness (QED) is 0.380. The Labute approximate surface area is 185 Å². The molecule has 1 aliphatic heterocycles. The number of ether oxygens (including phenoxy) is 2. The Morgan fingerprint density at radius 1 is 1.19 bits per heavy atom. The molecular formula is C23H27F2N3O4. The molecule has 1 aromatic carbocycles. The molecule has 2 aromatic heterocycles. The van der Waals surface area contributed by atoms with E-state index in [4.69, 9.17) is 4.42 Å². The summed E-state index contributed by atoms with van der Waals surface area (Å²) in [6.45, 7) is 10.5. The van der Waals surface area contributed by atoms with Gasteiger partial charge in [-0.2, -0.15) is 8.78 Å². The van der Waals surface area contributed by atoms with Gasteiger partial charge in [-0.25, -0.2) is 9.97 Å². The molecule has 1 saturated heterocycles. The number of halogens is 2. The molecule has 7 nitrogen and oxygen atoms in total. The highest BCUT2D eigenvalue weighted by Crippen LogP contribution is 2.37. The van der Waals surface area contributed by atoms with Crippen LogP contribution in [-0.2, 0) is 20.4 Å². The van der Waals surface area contributed by atoms with Crippen LogP contribution in [0.5, 0.6) is 0 Å². The first kappa shape index (κ1) is 23.6.